The average Bonchev–Trinajstić information content (AvgIpc) is 3.08. The SMILES string of the molecule is Cc1cc(C(=O)N2C3CCC2Cn2c(C)nnc2C3)nn1C. The maximum atomic E-state index is 12.9. The fourth-order valence-electron chi connectivity index (χ4n) is 3.70. The van der Waals surface area contributed by atoms with Crippen molar-refractivity contribution in [2.24, 2.45) is 7.05 Å². The molecule has 7 heteroatoms. The van der Waals surface area contributed by atoms with Gasteiger partial charge >= 0.3 is 0 Å². The Morgan fingerprint density at radius 3 is 2.73 bits per heavy atom. The summed E-state index contributed by atoms with van der Waals surface area (Å²) in [5, 5.41) is 12.8. The van der Waals surface area contributed by atoms with Crippen LogP contribution < -0.4 is 0 Å². The number of aryl methyl sites for hydroxylation is 3. The van der Waals surface area contributed by atoms with E-state index in [1.54, 1.807) is 4.68 Å². The van der Waals surface area contributed by atoms with Crippen LogP contribution >= 0.6 is 0 Å². The molecule has 1 amide bonds. The number of carbonyl (C=O) groups excluding carboxylic acids is 1. The van der Waals surface area contributed by atoms with Crippen LogP contribution in [0.2, 0.25) is 0 Å². The van der Waals surface area contributed by atoms with E-state index in [9.17, 15) is 4.79 Å². The molecule has 4 heterocycles. The Kier molecular flexibility index (Phi) is 2.85. The van der Waals surface area contributed by atoms with Gasteiger partial charge in [0.15, 0.2) is 5.69 Å². The molecule has 22 heavy (non-hydrogen) atoms. The number of hydrogen-bond donors (Lipinski definition) is 0. The Balaban J connectivity index is 1.67. The van der Waals surface area contributed by atoms with Crippen molar-refractivity contribution < 1.29 is 4.79 Å². The monoisotopic (exact) mass is 300 g/mol. The molecule has 2 aliphatic heterocycles. The summed E-state index contributed by atoms with van der Waals surface area (Å²) < 4.78 is 3.92. The fourth-order valence-corrected chi connectivity index (χ4v) is 3.70. The lowest BCUT2D eigenvalue weighted by molar-refractivity contribution is 0.0658. The number of aromatic nitrogens is 5. The quantitative estimate of drug-likeness (QED) is 0.783. The van der Waals surface area contributed by atoms with Gasteiger partial charge in [0.05, 0.1) is 6.04 Å². The molecule has 0 saturated carbocycles. The van der Waals surface area contributed by atoms with Gasteiger partial charge in [0.25, 0.3) is 5.91 Å². The third kappa shape index (κ3) is 1.88. The molecule has 0 aliphatic carbocycles. The van der Waals surface area contributed by atoms with E-state index in [0.29, 0.717) is 5.69 Å². The van der Waals surface area contributed by atoms with E-state index in [1.165, 1.54) is 0 Å². The molecule has 7 nitrogen and oxygen atoms in total. The van der Waals surface area contributed by atoms with Crippen LogP contribution in [0.4, 0.5) is 0 Å². The second-order valence-corrected chi connectivity index (χ2v) is 6.37. The predicted molar refractivity (Wildman–Crippen MR) is 79.4 cm³/mol. The van der Waals surface area contributed by atoms with Gasteiger partial charge in [-0.25, -0.2) is 0 Å². The Labute approximate surface area is 128 Å². The van der Waals surface area contributed by atoms with E-state index in [0.717, 1.165) is 43.1 Å². The average molecular weight is 300 g/mol. The van der Waals surface area contributed by atoms with Crippen molar-refractivity contribution in [1.82, 2.24) is 29.4 Å². The van der Waals surface area contributed by atoms with Gasteiger partial charge in [-0.15, -0.1) is 10.2 Å². The van der Waals surface area contributed by atoms with Crippen molar-refractivity contribution in [3.05, 3.63) is 29.1 Å². The topological polar surface area (TPSA) is 68.8 Å². The lowest BCUT2D eigenvalue weighted by Gasteiger charge is -2.27. The molecular weight excluding hydrogens is 280 g/mol. The largest absolute Gasteiger partial charge is 0.329 e. The van der Waals surface area contributed by atoms with Gasteiger partial charge in [0.1, 0.15) is 11.6 Å². The highest BCUT2D eigenvalue weighted by Crippen LogP contribution is 2.32. The Bertz CT molecular complexity index is 726. The minimum Gasteiger partial charge on any atom is -0.329 e. The molecule has 2 aliphatic rings. The molecular formula is C15H20N6O. The van der Waals surface area contributed by atoms with Crippen LogP contribution in [0, 0.1) is 13.8 Å². The summed E-state index contributed by atoms with van der Waals surface area (Å²) in [6.45, 7) is 4.73. The standard InChI is InChI=1S/C15H20N6O/c1-9-6-13(18-19(9)3)15(22)21-11-4-5-12(21)8-20-10(2)16-17-14(20)7-11/h6,11-12H,4-5,7-8H2,1-3H3. The molecule has 1 fully saturated rings. The maximum absolute atomic E-state index is 12.9. The van der Waals surface area contributed by atoms with Gasteiger partial charge in [0, 0.05) is 31.7 Å². The summed E-state index contributed by atoms with van der Waals surface area (Å²) in [6, 6.07) is 2.30. The molecule has 0 N–H and O–H groups in total. The number of fused-ring (bicyclic) bond motifs is 3. The molecule has 2 aromatic rings. The number of rotatable bonds is 1. The van der Waals surface area contributed by atoms with E-state index in [4.69, 9.17) is 0 Å². The Hall–Kier alpha value is -2.18. The van der Waals surface area contributed by atoms with Crippen LogP contribution in [0.25, 0.3) is 0 Å². The van der Waals surface area contributed by atoms with Crippen LogP contribution in [-0.2, 0) is 20.0 Å². The summed E-state index contributed by atoms with van der Waals surface area (Å²) >= 11 is 0. The number of nitrogens with zero attached hydrogens (tertiary/aromatic N) is 6. The Morgan fingerprint density at radius 2 is 2.00 bits per heavy atom. The highest BCUT2D eigenvalue weighted by Gasteiger charge is 2.41. The molecule has 1 saturated heterocycles. The maximum Gasteiger partial charge on any atom is 0.274 e. The number of hydrogen-bond acceptors (Lipinski definition) is 4. The lowest BCUT2D eigenvalue weighted by atomic mass is 10.1. The lowest BCUT2D eigenvalue weighted by Crippen LogP contribution is -2.42. The molecule has 2 bridgehead atoms. The number of amides is 1. The fraction of sp³-hybridized carbons (Fsp3) is 0.600. The highest BCUT2D eigenvalue weighted by atomic mass is 16.2. The minimum atomic E-state index is 0.0487. The van der Waals surface area contributed by atoms with Gasteiger partial charge in [0.2, 0.25) is 0 Å². The van der Waals surface area contributed by atoms with Gasteiger partial charge < -0.3 is 9.47 Å². The predicted octanol–water partition coefficient (Wildman–Crippen LogP) is 0.858. The second kappa shape index (κ2) is 4.66. The normalized spacial score (nSPS) is 23.5. The van der Waals surface area contributed by atoms with Crippen LogP contribution in [0.1, 0.15) is 40.7 Å². The summed E-state index contributed by atoms with van der Waals surface area (Å²) in [6.07, 6.45) is 2.86. The minimum absolute atomic E-state index is 0.0487. The molecule has 2 aromatic heterocycles. The second-order valence-electron chi connectivity index (χ2n) is 6.37. The highest BCUT2D eigenvalue weighted by molar-refractivity contribution is 5.93. The van der Waals surface area contributed by atoms with Crippen molar-refractivity contribution in [3.8, 4) is 0 Å². The summed E-state index contributed by atoms with van der Waals surface area (Å²) in [7, 11) is 1.87. The van der Waals surface area contributed by atoms with E-state index in [2.05, 4.69) is 19.9 Å². The molecule has 116 valence electrons. The first kappa shape index (κ1) is 13.5. The summed E-state index contributed by atoms with van der Waals surface area (Å²) in [4.78, 5) is 15.0. The summed E-state index contributed by atoms with van der Waals surface area (Å²) in [5.74, 6) is 1.98. The van der Waals surface area contributed by atoms with Crippen molar-refractivity contribution in [2.45, 2.75) is 51.7 Å². The van der Waals surface area contributed by atoms with Crippen molar-refractivity contribution in [1.29, 1.82) is 0 Å². The first-order chi connectivity index (χ1) is 10.5. The third-order valence-electron chi connectivity index (χ3n) is 5.01. The zero-order chi connectivity index (χ0) is 15.4. The van der Waals surface area contributed by atoms with E-state index < -0.39 is 0 Å². The van der Waals surface area contributed by atoms with Crippen LogP contribution in [-0.4, -0.2) is 47.4 Å². The zero-order valence-electron chi connectivity index (χ0n) is 13.2. The molecule has 4 rings (SSSR count). The third-order valence-corrected chi connectivity index (χ3v) is 5.01. The van der Waals surface area contributed by atoms with Crippen molar-refractivity contribution in [2.75, 3.05) is 0 Å². The van der Waals surface area contributed by atoms with E-state index >= 15 is 0 Å². The van der Waals surface area contributed by atoms with Gasteiger partial charge in [-0.3, -0.25) is 9.48 Å². The number of carbonyl (C=O) groups is 1. The van der Waals surface area contributed by atoms with Gasteiger partial charge in [-0.05, 0) is 32.8 Å². The zero-order valence-corrected chi connectivity index (χ0v) is 13.2. The molecule has 2 atom stereocenters. The first-order valence-corrected chi connectivity index (χ1v) is 7.76. The van der Waals surface area contributed by atoms with Crippen LogP contribution in [0.3, 0.4) is 0 Å². The van der Waals surface area contributed by atoms with E-state index in [1.807, 2.05) is 31.9 Å². The van der Waals surface area contributed by atoms with Gasteiger partial charge in [-0.1, -0.05) is 0 Å². The van der Waals surface area contributed by atoms with Crippen molar-refractivity contribution in [3.63, 3.8) is 0 Å². The first-order valence-electron chi connectivity index (χ1n) is 7.76. The summed E-state index contributed by atoms with van der Waals surface area (Å²) in [5.41, 5.74) is 1.55. The van der Waals surface area contributed by atoms with Crippen LogP contribution in [0.15, 0.2) is 6.07 Å². The van der Waals surface area contributed by atoms with Crippen LogP contribution in [0.5, 0.6) is 0 Å². The molecule has 0 aromatic carbocycles. The van der Waals surface area contributed by atoms with Crippen molar-refractivity contribution >= 4 is 5.91 Å². The smallest absolute Gasteiger partial charge is 0.274 e. The molecule has 0 radical (unpaired) electrons. The molecule has 2 unspecified atom stereocenters. The Morgan fingerprint density at radius 1 is 1.23 bits per heavy atom. The van der Waals surface area contributed by atoms with Gasteiger partial charge in [-0.2, -0.15) is 5.10 Å². The van der Waals surface area contributed by atoms with E-state index in [-0.39, 0.29) is 18.0 Å². The molecule has 0 spiro atoms.